The SMILES string of the molecule is CC12C=CC(N3CCOCC3=O)=CC1C2. The fourth-order valence-corrected chi connectivity index (χ4v) is 2.36. The van der Waals surface area contributed by atoms with Gasteiger partial charge in [-0.05, 0) is 23.8 Å². The van der Waals surface area contributed by atoms with Crippen molar-refractivity contribution < 1.29 is 9.53 Å². The minimum atomic E-state index is 0.0846. The standard InChI is InChI=1S/C12H15NO2/c1-12-3-2-10(6-9(12)7-12)13-4-5-15-8-11(13)14/h2-3,6,9H,4-5,7-8H2,1H3. The van der Waals surface area contributed by atoms with Gasteiger partial charge in [-0.1, -0.05) is 19.1 Å². The number of carbonyl (C=O) groups is 1. The molecule has 2 aliphatic carbocycles. The summed E-state index contributed by atoms with van der Waals surface area (Å²) in [7, 11) is 0. The van der Waals surface area contributed by atoms with Crippen molar-refractivity contribution in [2.75, 3.05) is 19.8 Å². The molecule has 0 radical (unpaired) electrons. The molecule has 2 fully saturated rings. The predicted octanol–water partition coefficient (Wildman–Crippen LogP) is 1.33. The molecule has 0 bridgehead atoms. The van der Waals surface area contributed by atoms with E-state index in [9.17, 15) is 4.79 Å². The minimum Gasteiger partial charge on any atom is -0.370 e. The number of allylic oxidation sites excluding steroid dienone is 3. The van der Waals surface area contributed by atoms with E-state index in [-0.39, 0.29) is 12.5 Å². The maximum atomic E-state index is 11.6. The van der Waals surface area contributed by atoms with Gasteiger partial charge in [0.25, 0.3) is 5.91 Å². The molecule has 0 aromatic heterocycles. The summed E-state index contributed by atoms with van der Waals surface area (Å²) in [5.41, 5.74) is 1.46. The molecule has 3 rings (SSSR count). The van der Waals surface area contributed by atoms with Crippen molar-refractivity contribution in [2.45, 2.75) is 13.3 Å². The van der Waals surface area contributed by atoms with Crippen molar-refractivity contribution in [2.24, 2.45) is 11.3 Å². The molecule has 1 saturated carbocycles. The number of amides is 1. The van der Waals surface area contributed by atoms with Gasteiger partial charge in [0.1, 0.15) is 6.61 Å². The summed E-state index contributed by atoms with van der Waals surface area (Å²) in [5, 5.41) is 0. The summed E-state index contributed by atoms with van der Waals surface area (Å²) in [4.78, 5) is 13.5. The van der Waals surface area contributed by atoms with Crippen molar-refractivity contribution >= 4 is 5.91 Å². The van der Waals surface area contributed by atoms with Gasteiger partial charge in [-0.2, -0.15) is 0 Å². The predicted molar refractivity (Wildman–Crippen MR) is 56.0 cm³/mol. The summed E-state index contributed by atoms with van der Waals surface area (Å²) in [6, 6.07) is 0. The van der Waals surface area contributed by atoms with Crippen LogP contribution in [0.5, 0.6) is 0 Å². The van der Waals surface area contributed by atoms with Crippen LogP contribution < -0.4 is 0 Å². The minimum absolute atomic E-state index is 0.0846. The lowest BCUT2D eigenvalue weighted by atomic mass is 10.00. The van der Waals surface area contributed by atoms with Crippen LogP contribution in [0, 0.1) is 11.3 Å². The van der Waals surface area contributed by atoms with Crippen molar-refractivity contribution in [3.63, 3.8) is 0 Å². The Labute approximate surface area is 89.4 Å². The fourth-order valence-electron chi connectivity index (χ4n) is 2.36. The fraction of sp³-hybridized carbons (Fsp3) is 0.583. The summed E-state index contributed by atoms with van der Waals surface area (Å²) >= 11 is 0. The second-order valence-corrected chi connectivity index (χ2v) is 4.84. The molecule has 3 nitrogen and oxygen atoms in total. The van der Waals surface area contributed by atoms with E-state index in [0.29, 0.717) is 24.5 Å². The van der Waals surface area contributed by atoms with Crippen molar-refractivity contribution in [3.8, 4) is 0 Å². The smallest absolute Gasteiger partial charge is 0.253 e. The van der Waals surface area contributed by atoms with Gasteiger partial charge in [0, 0.05) is 12.2 Å². The lowest BCUT2D eigenvalue weighted by Gasteiger charge is -2.29. The molecule has 1 aliphatic heterocycles. The molecule has 0 N–H and O–H groups in total. The molecule has 80 valence electrons. The molecule has 0 aromatic rings. The number of hydrogen-bond acceptors (Lipinski definition) is 2. The Hall–Kier alpha value is -1.09. The van der Waals surface area contributed by atoms with Gasteiger partial charge in [-0.15, -0.1) is 0 Å². The first-order valence-electron chi connectivity index (χ1n) is 5.48. The zero-order chi connectivity index (χ0) is 10.5. The summed E-state index contributed by atoms with van der Waals surface area (Å²) < 4.78 is 5.12. The molecular weight excluding hydrogens is 190 g/mol. The van der Waals surface area contributed by atoms with E-state index in [0.717, 1.165) is 5.70 Å². The van der Waals surface area contributed by atoms with Crippen LogP contribution in [0.2, 0.25) is 0 Å². The quantitative estimate of drug-likeness (QED) is 0.646. The molecule has 1 saturated heterocycles. The van der Waals surface area contributed by atoms with Gasteiger partial charge in [-0.3, -0.25) is 4.79 Å². The van der Waals surface area contributed by atoms with Crippen LogP contribution in [0.3, 0.4) is 0 Å². The maximum absolute atomic E-state index is 11.6. The van der Waals surface area contributed by atoms with E-state index < -0.39 is 0 Å². The van der Waals surface area contributed by atoms with Gasteiger partial charge >= 0.3 is 0 Å². The summed E-state index contributed by atoms with van der Waals surface area (Å²) in [5.74, 6) is 0.731. The van der Waals surface area contributed by atoms with Crippen molar-refractivity contribution in [1.82, 2.24) is 4.90 Å². The molecule has 3 aliphatic rings. The second-order valence-electron chi connectivity index (χ2n) is 4.84. The summed E-state index contributed by atoms with van der Waals surface area (Å²) in [6.45, 7) is 3.84. The van der Waals surface area contributed by atoms with E-state index in [4.69, 9.17) is 4.74 Å². The Morgan fingerprint density at radius 3 is 3.20 bits per heavy atom. The van der Waals surface area contributed by atoms with Gasteiger partial charge in [0.05, 0.1) is 6.61 Å². The number of hydrogen-bond donors (Lipinski definition) is 0. The number of nitrogens with zero attached hydrogens (tertiary/aromatic N) is 1. The number of carbonyl (C=O) groups excluding carboxylic acids is 1. The summed E-state index contributed by atoms with van der Waals surface area (Å²) in [6.07, 6.45) is 7.80. The van der Waals surface area contributed by atoms with Crippen LogP contribution in [0.25, 0.3) is 0 Å². The Kier molecular flexibility index (Phi) is 1.80. The first-order valence-corrected chi connectivity index (χ1v) is 5.48. The van der Waals surface area contributed by atoms with E-state index in [1.54, 1.807) is 0 Å². The monoisotopic (exact) mass is 205 g/mol. The van der Waals surface area contributed by atoms with Gasteiger partial charge < -0.3 is 9.64 Å². The normalized spacial score (nSPS) is 38.7. The Bertz CT molecular complexity index is 372. The van der Waals surface area contributed by atoms with E-state index in [1.807, 2.05) is 4.90 Å². The Morgan fingerprint density at radius 2 is 2.47 bits per heavy atom. The highest BCUT2D eigenvalue weighted by Crippen LogP contribution is 2.56. The second kappa shape index (κ2) is 2.95. The molecule has 0 aromatic carbocycles. The van der Waals surface area contributed by atoms with Crippen LogP contribution in [0.15, 0.2) is 23.9 Å². The third kappa shape index (κ3) is 1.42. The highest BCUT2D eigenvalue weighted by molar-refractivity contribution is 5.80. The first kappa shape index (κ1) is 9.16. The Balaban J connectivity index is 1.81. The molecule has 1 heterocycles. The van der Waals surface area contributed by atoms with E-state index >= 15 is 0 Å². The lowest BCUT2D eigenvalue weighted by molar-refractivity contribution is -0.139. The number of ether oxygens (including phenoxy) is 1. The highest BCUT2D eigenvalue weighted by Gasteiger charge is 2.48. The van der Waals surface area contributed by atoms with Crippen LogP contribution in [0.1, 0.15) is 13.3 Å². The molecule has 15 heavy (non-hydrogen) atoms. The van der Waals surface area contributed by atoms with Crippen LogP contribution in [-0.2, 0) is 9.53 Å². The van der Waals surface area contributed by atoms with Gasteiger partial charge in [0.15, 0.2) is 0 Å². The lowest BCUT2D eigenvalue weighted by Crippen LogP contribution is -2.40. The van der Waals surface area contributed by atoms with Gasteiger partial charge in [-0.25, -0.2) is 0 Å². The number of rotatable bonds is 1. The molecule has 2 unspecified atom stereocenters. The van der Waals surface area contributed by atoms with Crippen LogP contribution >= 0.6 is 0 Å². The largest absolute Gasteiger partial charge is 0.370 e. The molecule has 0 spiro atoms. The zero-order valence-corrected chi connectivity index (χ0v) is 8.90. The highest BCUT2D eigenvalue weighted by atomic mass is 16.5. The molecule has 3 heteroatoms. The average molecular weight is 205 g/mol. The molecular formula is C12H15NO2. The van der Waals surface area contributed by atoms with Crippen molar-refractivity contribution in [1.29, 1.82) is 0 Å². The third-order valence-electron chi connectivity index (χ3n) is 3.65. The first-order chi connectivity index (χ1) is 7.19. The zero-order valence-electron chi connectivity index (χ0n) is 8.90. The maximum Gasteiger partial charge on any atom is 0.253 e. The number of morpholine rings is 1. The number of fused-ring (bicyclic) bond motifs is 1. The van der Waals surface area contributed by atoms with E-state index in [2.05, 4.69) is 25.2 Å². The van der Waals surface area contributed by atoms with Crippen LogP contribution in [-0.4, -0.2) is 30.6 Å². The molecule has 1 amide bonds. The molecule has 2 atom stereocenters. The average Bonchev–Trinajstić information content (AvgIpc) is 2.89. The topological polar surface area (TPSA) is 29.5 Å². The third-order valence-corrected chi connectivity index (χ3v) is 3.65. The van der Waals surface area contributed by atoms with Crippen molar-refractivity contribution in [3.05, 3.63) is 23.9 Å². The van der Waals surface area contributed by atoms with Gasteiger partial charge in [0.2, 0.25) is 0 Å². The van der Waals surface area contributed by atoms with Crippen LogP contribution in [0.4, 0.5) is 0 Å². The Morgan fingerprint density at radius 1 is 1.60 bits per heavy atom. The van der Waals surface area contributed by atoms with E-state index in [1.165, 1.54) is 6.42 Å².